The topological polar surface area (TPSA) is 21.3 Å². The van der Waals surface area contributed by atoms with Crippen LogP contribution in [0.3, 0.4) is 0 Å². The quantitative estimate of drug-likeness (QED) is 0.886. The second-order valence-electron chi connectivity index (χ2n) is 4.53. The number of hydrogen-bond donors (Lipinski definition) is 1. The smallest absolute Gasteiger partial charge is 0.0931 e. The maximum Gasteiger partial charge on any atom is 0.0931 e. The average Bonchev–Trinajstić information content (AvgIpc) is 2.96. The van der Waals surface area contributed by atoms with Gasteiger partial charge in [-0.05, 0) is 47.2 Å². The molecular weight excluding hydrogens is 266 g/mol. The molecule has 1 aromatic heterocycles. The summed E-state index contributed by atoms with van der Waals surface area (Å²) in [6.45, 7) is 3.61. The Morgan fingerprint density at radius 2 is 2.11 bits per heavy atom. The van der Waals surface area contributed by atoms with E-state index in [1.807, 2.05) is 6.07 Å². The number of rotatable bonds is 3. The fourth-order valence-electron chi connectivity index (χ4n) is 2.15. The molecular formula is C14H14ClNOS. The Bertz CT molecular complexity index is 567. The minimum Gasteiger partial charge on any atom is -0.378 e. The maximum absolute atomic E-state index is 5.96. The van der Waals surface area contributed by atoms with Gasteiger partial charge in [0.2, 0.25) is 0 Å². The average molecular weight is 280 g/mol. The number of benzene rings is 1. The Kier molecular flexibility index (Phi) is 3.29. The normalized spacial score (nSPS) is 15.4. The third-order valence-electron chi connectivity index (χ3n) is 3.19. The lowest BCUT2D eigenvalue weighted by Crippen LogP contribution is -2.05. The van der Waals surface area contributed by atoms with Crippen LogP contribution in [0.25, 0.3) is 0 Å². The molecule has 4 heteroatoms. The van der Waals surface area contributed by atoms with E-state index >= 15 is 0 Å². The molecule has 1 N–H and O–H groups in total. The highest BCUT2D eigenvalue weighted by atomic mass is 35.5. The van der Waals surface area contributed by atoms with Crippen LogP contribution in [0.2, 0.25) is 4.34 Å². The zero-order chi connectivity index (χ0) is 12.5. The second-order valence-corrected chi connectivity index (χ2v) is 6.07. The van der Waals surface area contributed by atoms with Gasteiger partial charge in [0.05, 0.1) is 17.6 Å². The third kappa shape index (κ3) is 2.39. The van der Waals surface area contributed by atoms with Crippen molar-refractivity contribution in [1.29, 1.82) is 0 Å². The van der Waals surface area contributed by atoms with Crippen LogP contribution in [0.15, 0.2) is 29.6 Å². The number of thiophene rings is 1. The van der Waals surface area contributed by atoms with Gasteiger partial charge in [0.25, 0.3) is 0 Å². The first-order chi connectivity index (χ1) is 8.72. The Labute approximate surface area is 116 Å². The van der Waals surface area contributed by atoms with Gasteiger partial charge in [-0.1, -0.05) is 17.7 Å². The van der Waals surface area contributed by atoms with E-state index in [0.717, 1.165) is 23.2 Å². The van der Waals surface area contributed by atoms with Crippen LogP contribution in [0.5, 0.6) is 0 Å². The van der Waals surface area contributed by atoms with Crippen LogP contribution in [0.4, 0.5) is 5.69 Å². The molecule has 2 nitrogen and oxygen atoms in total. The van der Waals surface area contributed by atoms with E-state index in [0.29, 0.717) is 0 Å². The van der Waals surface area contributed by atoms with E-state index in [9.17, 15) is 0 Å². The predicted octanol–water partition coefficient (Wildman–Crippen LogP) is 4.60. The minimum absolute atomic E-state index is 0.258. The number of nitrogens with one attached hydrogen (secondary N) is 1. The summed E-state index contributed by atoms with van der Waals surface area (Å²) in [4.78, 5) is 0. The lowest BCUT2D eigenvalue weighted by atomic mass is 10.1. The molecule has 0 saturated heterocycles. The molecule has 0 amide bonds. The van der Waals surface area contributed by atoms with Crippen LogP contribution < -0.4 is 5.32 Å². The molecule has 3 rings (SSSR count). The van der Waals surface area contributed by atoms with Crippen molar-refractivity contribution in [3.8, 4) is 0 Å². The van der Waals surface area contributed by atoms with Gasteiger partial charge >= 0.3 is 0 Å². The number of ether oxygens (including phenoxy) is 1. The molecule has 1 atom stereocenters. The van der Waals surface area contributed by atoms with Crippen LogP contribution in [-0.4, -0.2) is 0 Å². The molecule has 94 valence electrons. The molecule has 0 saturated carbocycles. The van der Waals surface area contributed by atoms with Gasteiger partial charge in [-0.15, -0.1) is 11.3 Å². The van der Waals surface area contributed by atoms with Crippen molar-refractivity contribution in [2.75, 3.05) is 5.32 Å². The Morgan fingerprint density at radius 3 is 2.89 bits per heavy atom. The summed E-state index contributed by atoms with van der Waals surface area (Å²) >= 11 is 7.53. The van der Waals surface area contributed by atoms with Gasteiger partial charge in [-0.2, -0.15) is 0 Å². The van der Waals surface area contributed by atoms with E-state index in [2.05, 4.69) is 35.8 Å². The predicted molar refractivity (Wildman–Crippen MR) is 76.3 cm³/mol. The van der Waals surface area contributed by atoms with Crippen LogP contribution in [-0.2, 0) is 18.0 Å². The van der Waals surface area contributed by atoms with Gasteiger partial charge in [-0.3, -0.25) is 0 Å². The van der Waals surface area contributed by atoms with Gasteiger partial charge in [0, 0.05) is 11.7 Å². The molecule has 18 heavy (non-hydrogen) atoms. The SMILES string of the molecule is CC(Nc1ccc2c(c1)COC2)c1csc(Cl)c1. The highest BCUT2D eigenvalue weighted by Gasteiger charge is 2.13. The van der Waals surface area contributed by atoms with Crippen LogP contribution in [0.1, 0.15) is 29.7 Å². The van der Waals surface area contributed by atoms with Crippen molar-refractivity contribution < 1.29 is 4.74 Å². The molecule has 0 aliphatic carbocycles. The zero-order valence-corrected chi connectivity index (χ0v) is 11.6. The van der Waals surface area contributed by atoms with Crippen LogP contribution in [0, 0.1) is 0 Å². The van der Waals surface area contributed by atoms with Crippen molar-refractivity contribution >= 4 is 28.6 Å². The van der Waals surface area contributed by atoms with Crippen molar-refractivity contribution in [3.63, 3.8) is 0 Å². The Morgan fingerprint density at radius 1 is 1.28 bits per heavy atom. The molecule has 0 bridgehead atoms. The molecule has 1 aromatic carbocycles. The maximum atomic E-state index is 5.96. The Balaban J connectivity index is 1.76. The van der Waals surface area contributed by atoms with Gasteiger partial charge in [0.1, 0.15) is 0 Å². The monoisotopic (exact) mass is 279 g/mol. The largest absolute Gasteiger partial charge is 0.378 e. The fraction of sp³-hybridized carbons (Fsp3) is 0.286. The molecule has 0 fully saturated rings. The molecule has 1 unspecified atom stereocenters. The van der Waals surface area contributed by atoms with E-state index in [1.165, 1.54) is 16.7 Å². The molecule has 1 aliphatic heterocycles. The second kappa shape index (κ2) is 4.92. The van der Waals surface area contributed by atoms with Crippen LogP contribution >= 0.6 is 22.9 Å². The molecule has 1 aliphatic rings. The number of halogens is 1. The summed E-state index contributed by atoms with van der Waals surface area (Å²) < 4.78 is 6.25. The number of hydrogen-bond acceptors (Lipinski definition) is 3. The summed E-state index contributed by atoms with van der Waals surface area (Å²) in [7, 11) is 0. The van der Waals surface area contributed by atoms with Crippen molar-refractivity contribution in [3.05, 3.63) is 50.7 Å². The number of anilines is 1. The number of fused-ring (bicyclic) bond motifs is 1. The van der Waals surface area contributed by atoms with Gasteiger partial charge in [0.15, 0.2) is 0 Å². The van der Waals surface area contributed by atoms with Crippen molar-refractivity contribution in [1.82, 2.24) is 0 Å². The fourth-order valence-corrected chi connectivity index (χ4v) is 3.13. The first-order valence-corrected chi connectivity index (χ1v) is 7.18. The van der Waals surface area contributed by atoms with Crippen molar-refractivity contribution in [2.45, 2.75) is 26.2 Å². The first-order valence-electron chi connectivity index (χ1n) is 5.92. The third-order valence-corrected chi connectivity index (χ3v) is 4.30. The molecule has 0 radical (unpaired) electrons. The van der Waals surface area contributed by atoms with E-state index in [-0.39, 0.29) is 6.04 Å². The summed E-state index contributed by atoms with van der Waals surface area (Å²) in [6, 6.07) is 8.69. The summed E-state index contributed by atoms with van der Waals surface area (Å²) in [5.74, 6) is 0. The van der Waals surface area contributed by atoms with E-state index in [4.69, 9.17) is 16.3 Å². The molecule has 2 aromatic rings. The lowest BCUT2D eigenvalue weighted by Gasteiger charge is -2.14. The van der Waals surface area contributed by atoms with E-state index < -0.39 is 0 Å². The van der Waals surface area contributed by atoms with Crippen molar-refractivity contribution in [2.24, 2.45) is 0 Å². The lowest BCUT2D eigenvalue weighted by molar-refractivity contribution is 0.134. The minimum atomic E-state index is 0.258. The molecule has 2 heterocycles. The summed E-state index contributed by atoms with van der Waals surface area (Å²) in [5.41, 5.74) is 4.94. The van der Waals surface area contributed by atoms with Gasteiger partial charge in [-0.25, -0.2) is 0 Å². The Hall–Kier alpha value is -1.03. The highest BCUT2D eigenvalue weighted by Crippen LogP contribution is 2.29. The van der Waals surface area contributed by atoms with Gasteiger partial charge < -0.3 is 10.1 Å². The van der Waals surface area contributed by atoms with E-state index in [1.54, 1.807) is 11.3 Å². The summed E-state index contributed by atoms with van der Waals surface area (Å²) in [5, 5.41) is 5.59. The zero-order valence-electron chi connectivity index (χ0n) is 10.1. The molecule has 0 spiro atoms. The standard InChI is InChI=1S/C14H14ClNOS/c1-9(12-5-14(15)18-8-12)16-13-3-2-10-6-17-7-11(10)4-13/h2-5,8-9,16H,6-7H2,1H3. The first kappa shape index (κ1) is 12.0. The summed E-state index contributed by atoms with van der Waals surface area (Å²) in [6.07, 6.45) is 0. The highest BCUT2D eigenvalue weighted by molar-refractivity contribution is 7.14.